The van der Waals surface area contributed by atoms with E-state index in [1.165, 1.54) is 18.4 Å². The number of hydrogen-bond acceptors (Lipinski definition) is 3. The molecule has 0 aliphatic rings. The molecule has 0 atom stereocenters. The standard InChI is InChI=1S/C5H9N3/c6-3-1-5(8)2-4-7/h1-4,6H,7-8H2/b4-2+,5-1-,6-3?. The summed E-state index contributed by atoms with van der Waals surface area (Å²) in [5, 5.41) is 6.56. The summed E-state index contributed by atoms with van der Waals surface area (Å²) >= 11 is 0. The highest BCUT2D eigenvalue weighted by Crippen LogP contribution is 1.79. The van der Waals surface area contributed by atoms with Gasteiger partial charge in [0, 0.05) is 11.9 Å². The Balaban J connectivity index is 3.79. The first-order chi connectivity index (χ1) is 3.81. The van der Waals surface area contributed by atoms with Gasteiger partial charge in [0.25, 0.3) is 0 Å². The van der Waals surface area contributed by atoms with E-state index in [0.717, 1.165) is 6.21 Å². The monoisotopic (exact) mass is 111 g/mol. The normalized spacial score (nSPS) is 12.2. The average molecular weight is 111 g/mol. The maximum atomic E-state index is 6.56. The van der Waals surface area contributed by atoms with E-state index in [0.29, 0.717) is 5.70 Å². The summed E-state index contributed by atoms with van der Waals surface area (Å²) in [5.74, 6) is 0. The van der Waals surface area contributed by atoms with Crippen molar-refractivity contribution in [3.05, 3.63) is 24.0 Å². The summed E-state index contributed by atoms with van der Waals surface area (Å²) in [6, 6.07) is 0. The van der Waals surface area contributed by atoms with E-state index in [1.54, 1.807) is 0 Å². The van der Waals surface area contributed by atoms with Gasteiger partial charge in [-0.2, -0.15) is 0 Å². The van der Waals surface area contributed by atoms with Crippen LogP contribution in [0.1, 0.15) is 0 Å². The van der Waals surface area contributed by atoms with Crippen molar-refractivity contribution < 1.29 is 0 Å². The minimum atomic E-state index is 0.488. The van der Waals surface area contributed by atoms with Crippen molar-refractivity contribution in [1.82, 2.24) is 0 Å². The number of allylic oxidation sites excluding steroid dienone is 2. The molecule has 44 valence electrons. The smallest absolute Gasteiger partial charge is 0.0343 e. The van der Waals surface area contributed by atoms with E-state index in [4.69, 9.17) is 16.9 Å². The lowest BCUT2D eigenvalue weighted by molar-refractivity contribution is 1.41. The van der Waals surface area contributed by atoms with Crippen LogP contribution in [0.5, 0.6) is 0 Å². The average Bonchev–Trinajstić information content (AvgIpc) is 1.68. The Kier molecular flexibility index (Phi) is 3.31. The summed E-state index contributed by atoms with van der Waals surface area (Å²) in [5.41, 5.74) is 10.7. The first-order valence-corrected chi connectivity index (χ1v) is 2.15. The second-order valence-electron chi connectivity index (χ2n) is 1.19. The Morgan fingerprint density at radius 2 is 2.12 bits per heavy atom. The van der Waals surface area contributed by atoms with E-state index in [-0.39, 0.29) is 0 Å². The molecule has 0 aliphatic carbocycles. The minimum absolute atomic E-state index is 0.488. The van der Waals surface area contributed by atoms with Crippen molar-refractivity contribution in [1.29, 1.82) is 5.41 Å². The molecule has 0 radical (unpaired) electrons. The zero-order valence-corrected chi connectivity index (χ0v) is 4.46. The highest BCUT2D eigenvalue weighted by molar-refractivity contribution is 5.69. The number of rotatable bonds is 2. The van der Waals surface area contributed by atoms with Crippen LogP contribution in [0.25, 0.3) is 0 Å². The fourth-order valence-corrected chi connectivity index (χ4v) is 0.263. The summed E-state index contributed by atoms with van der Waals surface area (Å²) in [6.07, 6.45) is 5.40. The van der Waals surface area contributed by atoms with Gasteiger partial charge in [-0.3, -0.25) is 0 Å². The van der Waals surface area contributed by atoms with Crippen LogP contribution in [0.2, 0.25) is 0 Å². The Hall–Kier alpha value is -1.25. The van der Waals surface area contributed by atoms with Gasteiger partial charge in [-0.25, -0.2) is 0 Å². The first kappa shape index (κ1) is 6.75. The molecule has 0 aliphatic heterocycles. The van der Waals surface area contributed by atoms with Crippen LogP contribution in [-0.2, 0) is 0 Å². The Bertz CT molecular complexity index is 124. The SMILES string of the molecule is N=C/C=C(N)/C=C/N. The zero-order valence-electron chi connectivity index (χ0n) is 4.46. The number of nitrogens with two attached hydrogens (primary N) is 2. The van der Waals surface area contributed by atoms with Crippen LogP contribution < -0.4 is 11.5 Å². The van der Waals surface area contributed by atoms with Gasteiger partial charge in [0.15, 0.2) is 0 Å². The molecule has 0 aromatic carbocycles. The fraction of sp³-hybridized carbons (Fsp3) is 0. The van der Waals surface area contributed by atoms with Crippen LogP contribution in [0.3, 0.4) is 0 Å². The van der Waals surface area contributed by atoms with Crippen LogP contribution >= 0.6 is 0 Å². The second kappa shape index (κ2) is 3.92. The van der Waals surface area contributed by atoms with E-state index in [1.807, 2.05) is 0 Å². The molecule has 0 spiro atoms. The topological polar surface area (TPSA) is 75.9 Å². The van der Waals surface area contributed by atoms with Crippen molar-refractivity contribution in [3.63, 3.8) is 0 Å². The predicted molar refractivity (Wildman–Crippen MR) is 34.4 cm³/mol. The molecule has 0 rings (SSSR count). The number of hydrogen-bond donors (Lipinski definition) is 3. The van der Waals surface area contributed by atoms with E-state index in [9.17, 15) is 0 Å². The molecule has 8 heavy (non-hydrogen) atoms. The Morgan fingerprint density at radius 1 is 1.50 bits per heavy atom. The summed E-state index contributed by atoms with van der Waals surface area (Å²) in [6.45, 7) is 0. The van der Waals surface area contributed by atoms with Crippen LogP contribution in [-0.4, -0.2) is 6.21 Å². The lowest BCUT2D eigenvalue weighted by atomic mass is 10.4. The predicted octanol–water partition coefficient (Wildman–Crippen LogP) is -0.0490. The molecule has 0 heterocycles. The Morgan fingerprint density at radius 3 is 2.50 bits per heavy atom. The molecule has 0 bridgehead atoms. The molecule has 0 fully saturated rings. The van der Waals surface area contributed by atoms with Crippen LogP contribution in [0, 0.1) is 5.41 Å². The molecule has 0 amide bonds. The minimum Gasteiger partial charge on any atom is -0.405 e. The van der Waals surface area contributed by atoms with Gasteiger partial charge >= 0.3 is 0 Å². The van der Waals surface area contributed by atoms with E-state index >= 15 is 0 Å². The summed E-state index contributed by atoms with van der Waals surface area (Å²) in [7, 11) is 0. The third kappa shape index (κ3) is 2.96. The van der Waals surface area contributed by atoms with E-state index in [2.05, 4.69) is 0 Å². The van der Waals surface area contributed by atoms with Crippen LogP contribution in [0.15, 0.2) is 24.0 Å². The highest BCUT2D eigenvalue weighted by atomic mass is 14.6. The molecule has 0 unspecified atom stereocenters. The molecule has 0 aromatic rings. The second-order valence-corrected chi connectivity index (χ2v) is 1.19. The van der Waals surface area contributed by atoms with Gasteiger partial charge in [0.05, 0.1) is 0 Å². The van der Waals surface area contributed by atoms with Gasteiger partial charge in [-0.1, -0.05) is 0 Å². The fourth-order valence-electron chi connectivity index (χ4n) is 0.263. The largest absolute Gasteiger partial charge is 0.405 e. The zero-order chi connectivity index (χ0) is 6.41. The van der Waals surface area contributed by atoms with Crippen molar-refractivity contribution in [2.24, 2.45) is 11.5 Å². The molecule has 3 nitrogen and oxygen atoms in total. The van der Waals surface area contributed by atoms with Crippen molar-refractivity contribution in [2.75, 3.05) is 0 Å². The van der Waals surface area contributed by atoms with Crippen molar-refractivity contribution in [3.8, 4) is 0 Å². The van der Waals surface area contributed by atoms with Crippen LogP contribution in [0.4, 0.5) is 0 Å². The molecular weight excluding hydrogens is 102 g/mol. The Labute approximate surface area is 48.2 Å². The van der Waals surface area contributed by atoms with E-state index < -0.39 is 0 Å². The quantitative estimate of drug-likeness (QED) is 0.345. The highest BCUT2D eigenvalue weighted by Gasteiger charge is 1.73. The van der Waals surface area contributed by atoms with Gasteiger partial charge in [0.1, 0.15) is 0 Å². The van der Waals surface area contributed by atoms with Crippen molar-refractivity contribution in [2.45, 2.75) is 0 Å². The number of nitrogens with one attached hydrogen (secondary N) is 1. The summed E-state index contributed by atoms with van der Waals surface area (Å²) in [4.78, 5) is 0. The van der Waals surface area contributed by atoms with Gasteiger partial charge < -0.3 is 16.9 Å². The maximum Gasteiger partial charge on any atom is 0.0343 e. The van der Waals surface area contributed by atoms with Crippen molar-refractivity contribution >= 4 is 6.21 Å². The molecule has 0 aromatic heterocycles. The summed E-state index contributed by atoms with van der Waals surface area (Å²) < 4.78 is 0. The third-order valence-corrected chi connectivity index (χ3v) is 0.564. The maximum absolute atomic E-state index is 6.56. The first-order valence-electron chi connectivity index (χ1n) is 2.15. The lowest BCUT2D eigenvalue weighted by Crippen LogP contribution is -1.93. The molecule has 5 N–H and O–H groups in total. The molecule has 0 saturated heterocycles. The van der Waals surface area contributed by atoms with Gasteiger partial charge in [-0.05, 0) is 18.4 Å². The molecule has 0 saturated carbocycles. The third-order valence-electron chi connectivity index (χ3n) is 0.564. The van der Waals surface area contributed by atoms with Gasteiger partial charge in [-0.15, -0.1) is 0 Å². The lowest BCUT2D eigenvalue weighted by Gasteiger charge is -1.83. The van der Waals surface area contributed by atoms with Gasteiger partial charge in [0.2, 0.25) is 0 Å². The molecule has 3 heteroatoms. The molecular formula is C5H9N3.